The molecule has 1 aliphatic rings. The number of nitrogens with zero attached hydrogens (tertiary/aromatic N) is 1. The summed E-state index contributed by atoms with van der Waals surface area (Å²) >= 11 is 0. The van der Waals surface area contributed by atoms with Gasteiger partial charge in [0.05, 0.1) is 5.52 Å². The monoisotopic (exact) mass is 270 g/mol. The van der Waals surface area contributed by atoms with Gasteiger partial charge in [-0.1, -0.05) is 25.1 Å². The van der Waals surface area contributed by atoms with Gasteiger partial charge in [-0.25, -0.2) is 0 Å². The molecule has 1 saturated heterocycles. The van der Waals surface area contributed by atoms with Crippen LogP contribution in [0.5, 0.6) is 0 Å². The zero-order valence-corrected chi connectivity index (χ0v) is 12.0. The number of aromatic nitrogens is 1. The summed E-state index contributed by atoms with van der Waals surface area (Å²) in [6.45, 7) is 4.96. The van der Waals surface area contributed by atoms with E-state index in [2.05, 4.69) is 41.5 Å². The molecule has 2 heterocycles. The van der Waals surface area contributed by atoms with Crippen molar-refractivity contribution < 1.29 is 4.74 Å². The largest absolute Gasteiger partial charge is 0.381 e. The van der Waals surface area contributed by atoms with E-state index in [0.29, 0.717) is 12.0 Å². The summed E-state index contributed by atoms with van der Waals surface area (Å²) < 4.78 is 5.50. The summed E-state index contributed by atoms with van der Waals surface area (Å²) in [5.41, 5.74) is 2.35. The number of para-hydroxylation sites is 1. The molecule has 2 aromatic rings. The Bertz CT molecular complexity index is 564. The topological polar surface area (TPSA) is 34.1 Å². The molecule has 0 radical (unpaired) electrons. The van der Waals surface area contributed by atoms with Crippen molar-refractivity contribution >= 4 is 10.9 Å². The van der Waals surface area contributed by atoms with Crippen molar-refractivity contribution in [2.75, 3.05) is 19.8 Å². The minimum Gasteiger partial charge on any atom is -0.381 e. The number of ether oxygens (including phenoxy) is 1. The second-order valence-corrected chi connectivity index (χ2v) is 5.54. The first-order valence-corrected chi connectivity index (χ1v) is 7.52. The minimum atomic E-state index is 0.379. The fourth-order valence-corrected chi connectivity index (χ4v) is 2.96. The highest BCUT2D eigenvalue weighted by atomic mass is 16.5. The second kappa shape index (κ2) is 6.33. The Labute approximate surface area is 120 Å². The molecule has 3 rings (SSSR count). The Kier molecular flexibility index (Phi) is 4.28. The van der Waals surface area contributed by atoms with E-state index in [4.69, 9.17) is 4.74 Å². The summed E-state index contributed by atoms with van der Waals surface area (Å²) in [7, 11) is 0. The van der Waals surface area contributed by atoms with E-state index < -0.39 is 0 Å². The summed E-state index contributed by atoms with van der Waals surface area (Å²) in [5.74, 6) is 0.672. The Morgan fingerprint density at radius 1 is 1.40 bits per heavy atom. The maximum absolute atomic E-state index is 5.50. The van der Waals surface area contributed by atoms with Gasteiger partial charge < -0.3 is 10.1 Å². The maximum atomic E-state index is 5.50. The van der Waals surface area contributed by atoms with Gasteiger partial charge in [-0.15, -0.1) is 0 Å². The van der Waals surface area contributed by atoms with Gasteiger partial charge in [0, 0.05) is 30.8 Å². The molecule has 106 valence electrons. The molecule has 20 heavy (non-hydrogen) atoms. The quantitative estimate of drug-likeness (QED) is 0.905. The number of rotatable bonds is 5. The lowest BCUT2D eigenvalue weighted by molar-refractivity contribution is 0.181. The van der Waals surface area contributed by atoms with Crippen LogP contribution in [0.25, 0.3) is 10.9 Å². The highest BCUT2D eigenvalue weighted by Crippen LogP contribution is 2.27. The molecule has 1 aromatic carbocycles. The van der Waals surface area contributed by atoms with E-state index in [-0.39, 0.29) is 0 Å². The third-order valence-corrected chi connectivity index (χ3v) is 4.06. The van der Waals surface area contributed by atoms with Gasteiger partial charge in [0.2, 0.25) is 0 Å². The van der Waals surface area contributed by atoms with Gasteiger partial charge in [0.15, 0.2) is 0 Å². The van der Waals surface area contributed by atoms with E-state index in [9.17, 15) is 0 Å². The summed E-state index contributed by atoms with van der Waals surface area (Å²) in [6, 6.07) is 10.9. The molecule has 0 aliphatic carbocycles. The Hall–Kier alpha value is -1.45. The number of fused-ring (bicyclic) bond motifs is 1. The second-order valence-electron chi connectivity index (χ2n) is 5.54. The normalized spacial score (nSPS) is 20.4. The molecule has 1 aromatic heterocycles. The van der Waals surface area contributed by atoms with Crippen LogP contribution in [0.1, 0.15) is 31.4 Å². The molecule has 1 N–H and O–H groups in total. The molecule has 2 unspecified atom stereocenters. The van der Waals surface area contributed by atoms with Crippen LogP contribution < -0.4 is 5.32 Å². The van der Waals surface area contributed by atoms with Crippen LogP contribution in [-0.4, -0.2) is 24.7 Å². The van der Waals surface area contributed by atoms with Crippen molar-refractivity contribution in [2.24, 2.45) is 5.92 Å². The number of pyridine rings is 1. The van der Waals surface area contributed by atoms with Crippen LogP contribution in [0.2, 0.25) is 0 Å². The van der Waals surface area contributed by atoms with Gasteiger partial charge in [-0.05, 0) is 43.0 Å². The lowest BCUT2D eigenvalue weighted by atomic mass is 9.94. The van der Waals surface area contributed by atoms with Gasteiger partial charge in [0.25, 0.3) is 0 Å². The predicted octanol–water partition coefficient (Wildman–Crippen LogP) is 3.31. The number of benzene rings is 1. The minimum absolute atomic E-state index is 0.379. The first-order chi connectivity index (χ1) is 9.86. The van der Waals surface area contributed by atoms with Gasteiger partial charge in [-0.3, -0.25) is 4.98 Å². The Morgan fingerprint density at radius 2 is 2.30 bits per heavy atom. The van der Waals surface area contributed by atoms with E-state index in [1.54, 1.807) is 0 Å². The molecular weight excluding hydrogens is 248 g/mol. The summed E-state index contributed by atoms with van der Waals surface area (Å²) in [6.07, 6.45) is 4.34. The van der Waals surface area contributed by atoms with Crippen molar-refractivity contribution in [2.45, 2.75) is 25.8 Å². The first-order valence-electron chi connectivity index (χ1n) is 7.52. The standard InChI is InChI=1S/C17H22N2O/c1-2-18-17(9-13-7-8-20-12-13)15-10-14-5-3-4-6-16(14)19-11-15/h3-6,10-11,13,17-18H,2,7-9,12H2,1H3. The van der Waals surface area contributed by atoms with Crippen molar-refractivity contribution in [1.82, 2.24) is 10.3 Å². The van der Waals surface area contributed by atoms with Crippen molar-refractivity contribution in [3.63, 3.8) is 0 Å². The Balaban J connectivity index is 1.83. The van der Waals surface area contributed by atoms with Crippen LogP contribution in [0.15, 0.2) is 36.5 Å². The fraction of sp³-hybridized carbons (Fsp3) is 0.471. The average Bonchev–Trinajstić information content (AvgIpc) is 2.99. The molecule has 0 saturated carbocycles. The first kappa shape index (κ1) is 13.5. The zero-order chi connectivity index (χ0) is 13.8. The lowest BCUT2D eigenvalue weighted by Gasteiger charge is -2.21. The highest BCUT2D eigenvalue weighted by molar-refractivity contribution is 5.78. The van der Waals surface area contributed by atoms with E-state index in [1.807, 2.05) is 12.3 Å². The SMILES string of the molecule is CCNC(CC1CCOC1)c1cnc2ccccc2c1. The van der Waals surface area contributed by atoms with E-state index in [1.165, 1.54) is 17.4 Å². The number of nitrogens with one attached hydrogen (secondary N) is 1. The zero-order valence-electron chi connectivity index (χ0n) is 12.0. The fourth-order valence-electron chi connectivity index (χ4n) is 2.96. The van der Waals surface area contributed by atoms with Crippen LogP contribution >= 0.6 is 0 Å². The van der Waals surface area contributed by atoms with Crippen molar-refractivity contribution in [1.29, 1.82) is 0 Å². The van der Waals surface area contributed by atoms with Gasteiger partial charge in [0.1, 0.15) is 0 Å². The van der Waals surface area contributed by atoms with Crippen molar-refractivity contribution in [3.8, 4) is 0 Å². The third-order valence-electron chi connectivity index (χ3n) is 4.06. The van der Waals surface area contributed by atoms with E-state index in [0.717, 1.165) is 31.7 Å². The molecular formula is C17H22N2O. The molecule has 3 heteroatoms. The lowest BCUT2D eigenvalue weighted by Crippen LogP contribution is -2.24. The number of hydrogen-bond acceptors (Lipinski definition) is 3. The molecule has 2 atom stereocenters. The molecule has 0 spiro atoms. The molecule has 3 nitrogen and oxygen atoms in total. The smallest absolute Gasteiger partial charge is 0.0702 e. The Morgan fingerprint density at radius 3 is 3.10 bits per heavy atom. The molecule has 1 aliphatic heterocycles. The molecule has 0 amide bonds. The van der Waals surface area contributed by atoms with Gasteiger partial charge in [-0.2, -0.15) is 0 Å². The predicted molar refractivity (Wildman–Crippen MR) is 81.7 cm³/mol. The average molecular weight is 270 g/mol. The van der Waals surface area contributed by atoms with Crippen molar-refractivity contribution in [3.05, 3.63) is 42.1 Å². The van der Waals surface area contributed by atoms with Crippen LogP contribution in [0.3, 0.4) is 0 Å². The summed E-state index contributed by atoms with van der Waals surface area (Å²) in [4.78, 5) is 4.59. The van der Waals surface area contributed by atoms with Crippen LogP contribution in [0.4, 0.5) is 0 Å². The molecule has 1 fully saturated rings. The maximum Gasteiger partial charge on any atom is 0.0702 e. The third kappa shape index (κ3) is 3.00. The van der Waals surface area contributed by atoms with E-state index >= 15 is 0 Å². The number of hydrogen-bond donors (Lipinski definition) is 1. The molecule has 0 bridgehead atoms. The van der Waals surface area contributed by atoms with Gasteiger partial charge >= 0.3 is 0 Å². The highest BCUT2D eigenvalue weighted by Gasteiger charge is 2.21. The van der Waals surface area contributed by atoms with Crippen LogP contribution in [-0.2, 0) is 4.74 Å². The summed E-state index contributed by atoms with van der Waals surface area (Å²) in [5, 5.41) is 4.81. The van der Waals surface area contributed by atoms with Crippen LogP contribution in [0, 0.1) is 5.92 Å².